The van der Waals surface area contributed by atoms with Gasteiger partial charge in [0.2, 0.25) is 0 Å². The molecule has 1 saturated heterocycles. The number of hydrogen-bond donors (Lipinski definition) is 2. The number of aliphatic carboxylic acids is 1. The fraction of sp³-hybridized carbons (Fsp3) is 0.917. The summed E-state index contributed by atoms with van der Waals surface area (Å²) in [4.78, 5) is 13.1. The van der Waals surface area contributed by atoms with Gasteiger partial charge in [-0.15, -0.1) is 0 Å². The molecule has 2 unspecified atom stereocenters. The summed E-state index contributed by atoms with van der Waals surface area (Å²) in [7, 11) is 0. The van der Waals surface area contributed by atoms with Gasteiger partial charge in [-0.2, -0.15) is 0 Å². The first-order valence-electron chi connectivity index (χ1n) is 6.36. The number of nitrogens with zero attached hydrogens (tertiary/aromatic N) is 1. The standard InChI is InChI=1S/C12H24N2O2/c1-3-7-13-9-11-6-4-5-8-14(11)10(2)12(15)16/h10-11,13H,3-9H2,1-2H3,(H,15,16). The van der Waals surface area contributed by atoms with E-state index in [-0.39, 0.29) is 6.04 Å². The molecule has 0 aromatic heterocycles. The Kier molecular flexibility index (Phi) is 5.77. The van der Waals surface area contributed by atoms with Gasteiger partial charge in [0.05, 0.1) is 0 Å². The molecule has 4 heteroatoms. The van der Waals surface area contributed by atoms with Gasteiger partial charge in [-0.3, -0.25) is 9.69 Å². The van der Waals surface area contributed by atoms with Crippen LogP contribution in [0, 0.1) is 0 Å². The number of nitrogens with one attached hydrogen (secondary N) is 1. The molecule has 0 spiro atoms. The predicted octanol–water partition coefficient (Wildman–Crippen LogP) is 1.31. The molecule has 0 bridgehead atoms. The van der Waals surface area contributed by atoms with E-state index in [9.17, 15) is 4.79 Å². The van der Waals surface area contributed by atoms with Crippen molar-refractivity contribution < 1.29 is 9.90 Å². The summed E-state index contributed by atoms with van der Waals surface area (Å²) in [6, 6.07) is 0.0418. The van der Waals surface area contributed by atoms with Gasteiger partial charge in [0, 0.05) is 12.6 Å². The quantitative estimate of drug-likeness (QED) is 0.673. The zero-order valence-electron chi connectivity index (χ0n) is 10.4. The van der Waals surface area contributed by atoms with Crippen molar-refractivity contribution in [3.8, 4) is 0 Å². The molecule has 0 aromatic rings. The largest absolute Gasteiger partial charge is 0.480 e. The van der Waals surface area contributed by atoms with Gasteiger partial charge in [0.25, 0.3) is 0 Å². The molecule has 0 aliphatic carbocycles. The highest BCUT2D eigenvalue weighted by Gasteiger charge is 2.29. The summed E-state index contributed by atoms with van der Waals surface area (Å²) in [5.74, 6) is -0.706. The average Bonchev–Trinajstić information content (AvgIpc) is 2.29. The van der Waals surface area contributed by atoms with Crippen LogP contribution < -0.4 is 5.32 Å². The van der Waals surface area contributed by atoms with Crippen LogP contribution in [-0.2, 0) is 4.79 Å². The van der Waals surface area contributed by atoms with Crippen LogP contribution in [0.2, 0.25) is 0 Å². The van der Waals surface area contributed by atoms with E-state index in [2.05, 4.69) is 17.1 Å². The maximum Gasteiger partial charge on any atom is 0.320 e. The first-order valence-corrected chi connectivity index (χ1v) is 6.36. The lowest BCUT2D eigenvalue weighted by Crippen LogP contribution is -2.52. The average molecular weight is 228 g/mol. The van der Waals surface area contributed by atoms with E-state index in [1.54, 1.807) is 6.92 Å². The molecule has 0 amide bonds. The molecule has 0 radical (unpaired) electrons. The second kappa shape index (κ2) is 6.86. The van der Waals surface area contributed by atoms with Gasteiger partial charge in [-0.05, 0) is 39.3 Å². The zero-order valence-corrected chi connectivity index (χ0v) is 10.4. The van der Waals surface area contributed by atoms with Crippen molar-refractivity contribution in [3.63, 3.8) is 0 Å². The van der Waals surface area contributed by atoms with Crippen molar-refractivity contribution >= 4 is 5.97 Å². The van der Waals surface area contributed by atoms with E-state index >= 15 is 0 Å². The highest BCUT2D eigenvalue weighted by atomic mass is 16.4. The van der Waals surface area contributed by atoms with Crippen molar-refractivity contribution in [2.24, 2.45) is 0 Å². The molecule has 1 fully saturated rings. The van der Waals surface area contributed by atoms with Crippen LogP contribution in [0.1, 0.15) is 39.5 Å². The van der Waals surface area contributed by atoms with Crippen LogP contribution in [-0.4, -0.2) is 47.7 Å². The number of carboxylic acids is 1. The third-order valence-corrected chi connectivity index (χ3v) is 3.33. The molecule has 0 saturated carbocycles. The van der Waals surface area contributed by atoms with E-state index in [4.69, 9.17) is 5.11 Å². The number of rotatable bonds is 6. The van der Waals surface area contributed by atoms with Crippen LogP contribution in [0.5, 0.6) is 0 Å². The SMILES string of the molecule is CCCNCC1CCCCN1C(C)C(=O)O. The Morgan fingerprint density at radius 3 is 2.94 bits per heavy atom. The molecular formula is C12H24N2O2. The van der Waals surface area contributed by atoms with E-state index in [0.717, 1.165) is 38.9 Å². The Morgan fingerprint density at radius 1 is 1.56 bits per heavy atom. The molecule has 4 nitrogen and oxygen atoms in total. The molecule has 2 atom stereocenters. The second-order valence-electron chi connectivity index (χ2n) is 4.61. The Balaban J connectivity index is 2.46. The minimum absolute atomic E-state index is 0.353. The monoisotopic (exact) mass is 228 g/mol. The van der Waals surface area contributed by atoms with Crippen LogP contribution in [0.25, 0.3) is 0 Å². The predicted molar refractivity (Wildman–Crippen MR) is 64.6 cm³/mol. The Morgan fingerprint density at radius 2 is 2.31 bits per heavy atom. The number of likely N-dealkylation sites (tertiary alicyclic amines) is 1. The highest BCUT2D eigenvalue weighted by molar-refractivity contribution is 5.72. The summed E-state index contributed by atoms with van der Waals surface area (Å²) < 4.78 is 0. The maximum absolute atomic E-state index is 11.0. The minimum atomic E-state index is -0.706. The topological polar surface area (TPSA) is 52.6 Å². The highest BCUT2D eigenvalue weighted by Crippen LogP contribution is 2.19. The third-order valence-electron chi connectivity index (χ3n) is 3.33. The van der Waals surface area contributed by atoms with E-state index in [1.165, 1.54) is 6.42 Å². The smallest absolute Gasteiger partial charge is 0.320 e. The molecule has 2 N–H and O–H groups in total. The molecular weight excluding hydrogens is 204 g/mol. The minimum Gasteiger partial charge on any atom is -0.480 e. The molecule has 94 valence electrons. The van der Waals surface area contributed by atoms with Gasteiger partial charge in [-0.1, -0.05) is 13.3 Å². The Bertz CT molecular complexity index is 221. The van der Waals surface area contributed by atoms with Crippen LogP contribution >= 0.6 is 0 Å². The molecule has 1 aliphatic rings. The van der Waals surface area contributed by atoms with E-state index in [0.29, 0.717) is 6.04 Å². The molecule has 0 aromatic carbocycles. The number of piperidine rings is 1. The lowest BCUT2D eigenvalue weighted by atomic mass is 10.00. The number of carbonyl (C=O) groups is 1. The lowest BCUT2D eigenvalue weighted by molar-refractivity contribution is -0.144. The Hall–Kier alpha value is -0.610. The number of carboxylic acid groups (broad SMARTS) is 1. The molecule has 1 heterocycles. The van der Waals surface area contributed by atoms with Gasteiger partial charge in [0.1, 0.15) is 6.04 Å². The fourth-order valence-electron chi connectivity index (χ4n) is 2.34. The summed E-state index contributed by atoms with van der Waals surface area (Å²) in [6.45, 7) is 6.80. The van der Waals surface area contributed by atoms with Crippen molar-refractivity contribution in [2.75, 3.05) is 19.6 Å². The van der Waals surface area contributed by atoms with Crippen LogP contribution in [0.15, 0.2) is 0 Å². The van der Waals surface area contributed by atoms with Crippen LogP contribution in [0.3, 0.4) is 0 Å². The van der Waals surface area contributed by atoms with Gasteiger partial charge in [0.15, 0.2) is 0 Å². The number of hydrogen-bond acceptors (Lipinski definition) is 3. The Labute approximate surface area is 98.0 Å². The molecule has 1 aliphatic heterocycles. The summed E-state index contributed by atoms with van der Waals surface area (Å²) in [5.41, 5.74) is 0. The van der Waals surface area contributed by atoms with Crippen molar-refractivity contribution in [2.45, 2.75) is 51.6 Å². The fourth-order valence-corrected chi connectivity index (χ4v) is 2.34. The van der Waals surface area contributed by atoms with Crippen molar-refractivity contribution in [1.82, 2.24) is 10.2 Å². The third kappa shape index (κ3) is 3.76. The van der Waals surface area contributed by atoms with E-state index in [1.807, 2.05) is 0 Å². The van der Waals surface area contributed by atoms with Crippen LogP contribution in [0.4, 0.5) is 0 Å². The first kappa shape index (κ1) is 13.5. The van der Waals surface area contributed by atoms with Crippen molar-refractivity contribution in [1.29, 1.82) is 0 Å². The lowest BCUT2D eigenvalue weighted by Gasteiger charge is -2.38. The summed E-state index contributed by atoms with van der Waals surface area (Å²) in [5, 5.41) is 12.5. The second-order valence-corrected chi connectivity index (χ2v) is 4.61. The first-order chi connectivity index (χ1) is 7.66. The maximum atomic E-state index is 11.0. The summed E-state index contributed by atoms with van der Waals surface area (Å²) in [6.07, 6.45) is 4.60. The van der Waals surface area contributed by atoms with Gasteiger partial charge < -0.3 is 10.4 Å². The van der Waals surface area contributed by atoms with E-state index < -0.39 is 5.97 Å². The normalized spacial score (nSPS) is 24.2. The zero-order chi connectivity index (χ0) is 12.0. The molecule has 16 heavy (non-hydrogen) atoms. The van der Waals surface area contributed by atoms with Gasteiger partial charge in [-0.25, -0.2) is 0 Å². The molecule has 1 rings (SSSR count). The summed E-state index contributed by atoms with van der Waals surface area (Å²) >= 11 is 0. The van der Waals surface area contributed by atoms with Gasteiger partial charge >= 0.3 is 5.97 Å². The van der Waals surface area contributed by atoms with Crippen molar-refractivity contribution in [3.05, 3.63) is 0 Å².